The third-order valence-corrected chi connectivity index (χ3v) is 2.54. The first-order chi connectivity index (χ1) is 7.79. The summed E-state index contributed by atoms with van der Waals surface area (Å²) in [6.45, 7) is 6.61. The van der Waals surface area contributed by atoms with Gasteiger partial charge in [0.15, 0.2) is 5.82 Å². The summed E-state index contributed by atoms with van der Waals surface area (Å²) >= 11 is 5.92. The van der Waals surface area contributed by atoms with Crippen LogP contribution < -0.4 is 11.1 Å². The van der Waals surface area contributed by atoms with Gasteiger partial charge in [0.1, 0.15) is 17.2 Å². The minimum atomic E-state index is -0.456. The molecule has 0 bridgehead atoms. The van der Waals surface area contributed by atoms with Gasteiger partial charge in [0.05, 0.1) is 6.10 Å². The van der Waals surface area contributed by atoms with Crippen LogP contribution >= 0.6 is 11.6 Å². The molecule has 0 fully saturated rings. The van der Waals surface area contributed by atoms with Gasteiger partial charge in [-0.3, -0.25) is 0 Å². The number of nitrogen functional groups attached to an aromatic ring is 1. The second kappa shape index (κ2) is 5.51. The Morgan fingerprint density at radius 1 is 1.47 bits per heavy atom. The zero-order chi connectivity index (χ0) is 13.1. The van der Waals surface area contributed by atoms with Crippen LogP contribution in [-0.4, -0.2) is 27.7 Å². The zero-order valence-electron chi connectivity index (χ0n) is 10.4. The molecule has 0 spiro atoms. The van der Waals surface area contributed by atoms with Gasteiger partial charge in [0.2, 0.25) is 0 Å². The van der Waals surface area contributed by atoms with E-state index in [1.165, 1.54) is 6.33 Å². The van der Waals surface area contributed by atoms with Gasteiger partial charge in [-0.25, -0.2) is 9.97 Å². The number of aromatic nitrogens is 2. The monoisotopic (exact) mass is 258 g/mol. The van der Waals surface area contributed by atoms with Crippen molar-refractivity contribution in [3.8, 4) is 0 Å². The molecular formula is C11H19ClN4O. The Bertz CT molecular complexity index is 378. The van der Waals surface area contributed by atoms with Crippen LogP contribution in [0.4, 0.5) is 11.6 Å². The topological polar surface area (TPSA) is 84.1 Å². The Balaban J connectivity index is 2.53. The molecule has 0 aliphatic rings. The number of halogens is 1. The molecule has 6 heteroatoms. The summed E-state index contributed by atoms with van der Waals surface area (Å²) in [6.07, 6.45) is 1.57. The molecule has 4 N–H and O–H groups in total. The SMILES string of the molecule is CC(C)(C)CC(O)CNc1ncnc(N)c1Cl. The highest BCUT2D eigenvalue weighted by Gasteiger charge is 2.17. The Kier molecular flexibility index (Phi) is 4.54. The molecule has 1 unspecified atom stereocenters. The number of anilines is 2. The summed E-state index contributed by atoms with van der Waals surface area (Å²) in [5.74, 6) is 0.682. The standard InChI is InChI=1S/C11H19ClN4O/c1-11(2,3)4-7(17)5-14-10-8(12)9(13)15-6-16-10/h6-7,17H,4-5H2,1-3H3,(H3,13,14,15,16). The van der Waals surface area contributed by atoms with Crippen LogP contribution in [0, 0.1) is 5.41 Å². The van der Waals surface area contributed by atoms with E-state index in [1.807, 2.05) is 0 Å². The Morgan fingerprint density at radius 3 is 2.71 bits per heavy atom. The maximum atomic E-state index is 9.83. The first kappa shape index (κ1) is 14.0. The predicted molar refractivity (Wildman–Crippen MR) is 70.0 cm³/mol. The van der Waals surface area contributed by atoms with Gasteiger partial charge in [0.25, 0.3) is 0 Å². The second-order valence-corrected chi connectivity index (χ2v) is 5.60. The molecule has 0 radical (unpaired) electrons. The molecule has 17 heavy (non-hydrogen) atoms. The summed E-state index contributed by atoms with van der Waals surface area (Å²) in [5, 5.41) is 13.1. The quantitative estimate of drug-likeness (QED) is 0.768. The fourth-order valence-electron chi connectivity index (χ4n) is 1.50. The number of aliphatic hydroxyl groups is 1. The molecule has 1 aromatic rings. The lowest BCUT2D eigenvalue weighted by Gasteiger charge is -2.22. The van der Waals surface area contributed by atoms with Crippen LogP contribution in [0.5, 0.6) is 0 Å². The van der Waals surface area contributed by atoms with Crippen molar-refractivity contribution < 1.29 is 5.11 Å². The smallest absolute Gasteiger partial charge is 0.150 e. The molecule has 5 nitrogen and oxygen atoms in total. The lowest BCUT2D eigenvalue weighted by molar-refractivity contribution is 0.132. The van der Waals surface area contributed by atoms with E-state index in [0.29, 0.717) is 18.8 Å². The van der Waals surface area contributed by atoms with E-state index in [1.54, 1.807) is 0 Å². The van der Waals surface area contributed by atoms with Crippen LogP contribution in [-0.2, 0) is 0 Å². The number of nitrogens with one attached hydrogen (secondary N) is 1. The molecule has 0 aliphatic heterocycles. The summed E-state index contributed by atoms with van der Waals surface area (Å²) in [7, 11) is 0. The normalized spacial score (nSPS) is 13.5. The van der Waals surface area contributed by atoms with Crippen molar-refractivity contribution in [3.63, 3.8) is 0 Å². The van der Waals surface area contributed by atoms with Crippen molar-refractivity contribution in [1.29, 1.82) is 0 Å². The molecule has 0 saturated carbocycles. The van der Waals surface area contributed by atoms with Crippen molar-refractivity contribution in [2.45, 2.75) is 33.3 Å². The van der Waals surface area contributed by atoms with E-state index in [9.17, 15) is 5.11 Å². The highest BCUT2D eigenvalue weighted by atomic mass is 35.5. The summed E-state index contributed by atoms with van der Waals surface area (Å²) in [5.41, 5.74) is 5.62. The van der Waals surface area contributed by atoms with Crippen LogP contribution in [0.25, 0.3) is 0 Å². The van der Waals surface area contributed by atoms with E-state index in [2.05, 4.69) is 36.1 Å². The zero-order valence-corrected chi connectivity index (χ0v) is 11.1. The fourth-order valence-corrected chi connectivity index (χ4v) is 1.66. The summed E-state index contributed by atoms with van der Waals surface area (Å²) in [4.78, 5) is 7.72. The van der Waals surface area contributed by atoms with E-state index < -0.39 is 6.10 Å². The van der Waals surface area contributed by atoms with Gasteiger partial charge in [-0.05, 0) is 11.8 Å². The van der Waals surface area contributed by atoms with Crippen molar-refractivity contribution in [3.05, 3.63) is 11.3 Å². The minimum absolute atomic E-state index is 0.0790. The van der Waals surface area contributed by atoms with Crippen LogP contribution in [0.15, 0.2) is 6.33 Å². The van der Waals surface area contributed by atoms with Gasteiger partial charge in [-0.15, -0.1) is 0 Å². The van der Waals surface area contributed by atoms with Gasteiger partial charge in [-0.2, -0.15) is 0 Å². The van der Waals surface area contributed by atoms with Crippen molar-refractivity contribution in [2.24, 2.45) is 5.41 Å². The fraction of sp³-hybridized carbons (Fsp3) is 0.636. The average Bonchev–Trinajstić information content (AvgIpc) is 2.18. The minimum Gasteiger partial charge on any atom is -0.391 e. The molecule has 0 aliphatic carbocycles. The highest BCUT2D eigenvalue weighted by Crippen LogP contribution is 2.24. The second-order valence-electron chi connectivity index (χ2n) is 5.22. The summed E-state index contributed by atoms with van der Waals surface area (Å²) < 4.78 is 0. The molecule has 1 aromatic heterocycles. The predicted octanol–water partition coefficient (Wildman–Crippen LogP) is 1.92. The Hall–Kier alpha value is -1.07. The van der Waals surface area contributed by atoms with Gasteiger partial charge >= 0.3 is 0 Å². The lowest BCUT2D eigenvalue weighted by atomic mass is 9.89. The number of hydrogen-bond donors (Lipinski definition) is 3. The molecule has 96 valence electrons. The van der Waals surface area contributed by atoms with E-state index in [4.69, 9.17) is 17.3 Å². The first-order valence-corrected chi connectivity index (χ1v) is 5.85. The first-order valence-electron chi connectivity index (χ1n) is 5.47. The number of aliphatic hydroxyl groups excluding tert-OH is 1. The largest absolute Gasteiger partial charge is 0.391 e. The summed E-state index contributed by atoms with van der Waals surface area (Å²) in [6, 6.07) is 0. The third kappa shape index (κ3) is 4.75. The third-order valence-electron chi connectivity index (χ3n) is 2.17. The molecule has 0 amide bonds. The van der Waals surface area contributed by atoms with Crippen LogP contribution in [0.2, 0.25) is 5.02 Å². The Labute approximate surface area is 106 Å². The van der Waals surface area contributed by atoms with Crippen molar-refractivity contribution >= 4 is 23.2 Å². The van der Waals surface area contributed by atoms with Gasteiger partial charge in [-0.1, -0.05) is 32.4 Å². The van der Waals surface area contributed by atoms with E-state index in [-0.39, 0.29) is 16.3 Å². The number of rotatable bonds is 4. The molecule has 1 heterocycles. The highest BCUT2D eigenvalue weighted by molar-refractivity contribution is 6.35. The molecule has 1 rings (SSSR count). The van der Waals surface area contributed by atoms with E-state index in [0.717, 1.165) is 0 Å². The maximum Gasteiger partial charge on any atom is 0.150 e. The van der Waals surface area contributed by atoms with Gasteiger partial charge < -0.3 is 16.2 Å². The van der Waals surface area contributed by atoms with Crippen molar-refractivity contribution in [2.75, 3.05) is 17.6 Å². The Morgan fingerprint density at radius 2 is 2.12 bits per heavy atom. The van der Waals surface area contributed by atoms with Gasteiger partial charge in [0, 0.05) is 6.54 Å². The molecular weight excluding hydrogens is 240 g/mol. The maximum absolute atomic E-state index is 9.83. The molecule has 1 atom stereocenters. The van der Waals surface area contributed by atoms with Crippen molar-refractivity contribution in [1.82, 2.24) is 9.97 Å². The van der Waals surface area contributed by atoms with Crippen LogP contribution in [0.3, 0.4) is 0 Å². The van der Waals surface area contributed by atoms with Crippen LogP contribution in [0.1, 0.15) is 27.2 Å². The molecule has 0 saturated heterocycles. The number of hydrogen-bond acceptors (Lipinski definition) is 5. The number of nitrogens with two attached hydrogens (primary N) is 1. The van der Waals surface area contributed by atoms with E-state index >= 15 is 0 Å². The molecule has 0 aromatic carbocycles. The average molecular weight is 259 g/mol. The number of nitrogens with zero attached hydrogens (tertiary/aromatic N) is 2. The lowest BCUT2D eigenvalue weighted by Crippen LogP contribution is -2.25.